The molecule has 76 valence electrons. The molecular weight excluding hydrogens is 168 g/mol. The molecule has 0 radical (unpaired) electrons. The van der Waals surface area contributed by atoms with Crippen LogP contribution in [0, 0.1) is 11.8 Å². The number of ether oxygens (including phenoxy) is 2. The maximum atomic E-state index is 9.52. The molecule has 2 rings (SSSR count). The zero-order chi connectivity index (χ0) is 9.59. The second-order valence-corrected chi connectivity index (χ2v) is 4.40. The van der Waals surface area contributed by atoms with Gasteiger partial charge in [0.05, 0.1) is 31.0 Å². The van der Waals surface area contributed by atoms with Gasteiger partial charge in [-0.05, 0) is 6.92 Å². The fourth-order valence-corrected chi connectivity index (χ4v) is 2.58. The highest BCUT2D eigenvalue weighted by molar-refractivity contribution is 4.94. The van der Waals surface area contributed by atoms with Gasteiger partial charge in [-0.3, -0.25) is 0 Å². The second-order valence-electron chi connectivity index (χ2n) is 4.40. The third-order valence-corrected chi connectivity index (χ3v) is 3.40. The molecule has 3 heteroatoms. The minimum Gasteiger partial charge on any atom is -0.391 e. The molecule has 0 amide bonds. The fourth-order valence-electron chi connectivity index (χ4n) is 2.58. The van der Waals surface area contributed by atoms with E-state index < -0.39 is 6.10 Å². The van der Waals surface area contributed by atoms with Crippen molar-refractivity contribution in [2.45, 2.75) is 45.2 Å². The van der Waals surface area contributed by atoms with Crippen molar-refractivity contribution >= 4 is 0 Å². The van der Waals surface area contributed by atoms with Gasteiger partial charge in [-0.1, -0.05) is 13.8 Å². The Balaban J connectivity index is 2.13. The van der Waals surface area contributed by atoms with Crippen molar-refractivity contribution < 1.29 is 14.6 Å². The van der Waals surface area contributed by atoms with E-state index in [4.69, 9.17) is 9.47 Å². The monoisotopic (exact) mass is 186 g/mol. The van der Waals surface area contributed by atoms with Gasteiger partial charge in [0.15, 0.2) is 0 Å². The van der Waals surface area contributed by atoms with E-state index in [1.165, 1.54) is 0 Å². The maximum Gasteiger partial charge on any atom is 0.0886 e. The van der Waals surface area contributed by atoms with Crippen LogP contribution >= 0.6 is 0 Å². The average molecular weight is 186 g/mol. The highest BCUT2D eigenvalue weighted by Crippen LogP contribution is 2.38. The minimum absolute atomic E-state index is 0.0475. The number of aliphatic hydroxyl groups excluding tert-OH is 1. The van der Waals surface area contributed by atoms with Crippen molar-refractivity contribution in [2.75, 3.05) is 6.61 Å². The lowest BCUT2D eigenvalue weighted by molar-refractivity contribution is -0.138. The van der Waals surface area contributed by atoms with Crippen LogP contribution in [0.1, 0.15) is 20.8 Å². The Morgan fingerprint density at radius 1 is 1.31 bits per heavy atom. The molecule has 0 aromatic heterocycles. The Morgan fingerprint density at radius 2 is 2.00 bits per heavy atom. The quantitative estimate of drug-likeness (QED) is 0.658. The smallest absolute Gasteiger partial charge is 0.0886 e. The lowest BCUT2D eigenvalue weighted by atomic mass is 9.83. The van der Waals surface area contributed by atoms with Crippen molar-refractivity contribution in [1.29, 1.82) is 0 Å². The molecule has 0 aliphatic carbocycles. The van der Waals surface area contributed by atoms with Gasteiger partial charge in [-0.2, -0.15) is 0 Å². The summed E-state index contributed by atoms with van der Waals surface area (Å²) in [4.78, 5) is 0. The molecule has 1 N–H and O–H groups in total. The third kappa shape index (κ3) is 1.39. The van der Waals surface area contributed by atoms with Gasteiger partial charge in [-0.15, -0.1) is 0 Å². The predicted molar refractivity (Wildman–Crippen MR) is 48.4 cm³/mol. The van der Waals surface area contributed by atoms with Crippen LogP contribution in [0.15, 0.2) is 0 Å². The summed E-state index contributed by atoms with van der Waals surface area (Å²) in [5.41, 5.74) is 0. The normalized spacial score (nSPS) is 52.2. The van der Waals surface area contributed by atoms with Gasteiger partial charge < -0.3 is 14.6 Å². The summed E-state index contributed by atoms with van der Waals surface area (Å²) in [6.45, 7) is 6.74. The van der Waals surface area contributed by atoms with E-state index in [1.807, 2.05) is 0 Å². The molecule has 2 aliphatic rings. The molecule has 6 atom stereocenters. The van der Waals surface area contributed by atoms with Crippen LogP contribution < -0.4 is 0 Å². The maximum absolute atomic E-state index is 9.52. The molecule has 13 heavy (non-hydrogen) atoms. The molecule has 2 saturated heterocycles. The summed E-state index contributed by atoms with van der Waals surface area (Å²) in [7, 11) is 0. The van der Waals surface area contributed by atoms with Gasteiger partial charge >= 0.3 is 0 Å². The Bertz CT molecular complexity index is 193. The van der Waals surface area contributed by atoms with E-state index in [0.29, 0.717) is 18.4 Å². The van der Waals surface area contributed by atoms with E-state index in [1.54, 1.807) is 6.92 Å². The first kappa shape index (κ1) is 9.44. The predicted octanol–water partition coefficient (Wildman–Crippen LogP) is 0.806. The molecule has 2 fully saturated rings. The SMILES string of the molecule is C[C@@H]1[C@H]2OC[C@@H](O[C@H]1[C@@H](C)O)[C@H]2C. The molecule has 0 unspecified atom stereocenters. The van der Waals surface area contributed by atoms with Crippen LogP contribution in [0.2, 0.25) is 0 Å². The Kier molecular flexibility index (Phi) is 2.34. The Morgan fingerprint density at radius 3 is 2.62 bits per heavy atom. The van der Waals surface area contributed by atoms with Crippen LogP contribution in [-0.2, 0) is 9.47 Å². The topological polar surface area (TPSA) is 38.7 Å². The lowest BCUT2D eigenvalue weighted by Gasteiger charge is -2.38. The van der Waals surface area contributed by atoms with E-state index >= 15 is 0 Å². The average Bonchev–Trinajstić information content (AvgIpc) is 2.29. The van der Waals surface area contributed by atoms with Crippen LogP contribution in [-0.4, -0.2) is 36.1 Å². The lowest BCUT2D eigenvalue weighted by Crippen LogP contribution is -2.48. The minimum atomic E-state index is -0.394. The number of hydrogen-bond acceptors (Lipinski definition) is 3. The number of rotatable bonds is 1. The number of hydrogen-bond donors (Lipinski definition) is 1. The van der Waals surface area contributed by atoms with Crippen LogP contribution in [0.4, 0.5) is 0 Å². The van der Waals surface area contributed by atoms with Crippen molar-refractivity contribution in [3.63, 3.8) is 0 Å². The van der Waals surface area contributed by atoms with E-state index in [2.05, 4.69) is 13.8 Å². The highest BCUT2D eigenvalue weighted by atomic mass is 16.6. The first-order valence-corrected chi connectivity index (χ1v) is 5.06. The zero-order valence-corrected chi connectivity index (χ0v) is 8.43. The van der Waals surface area contributed by atoms with Gasteiger partial charge in [-0.25, -0.2) is 0 Å². The third-order valence-electron chi connectivity index (χ3n) is 3.40. The van der Waals surface area contributed by atoms with Crippen LogP contribution in [0.25, 0.3) is 0 Å². The van der Waals surface area contributed by atoms with Crippen molar-refractivity contribution in [1.82, 2.24) is 0 Å². The molecule has 0 aromatic carbocycles. The fraction of sp³-hybridized carbons (Fsp3) is 1.00. The van der Waals surface area contributed by atoms with E-state index in [-0.39, 0.29) is 18.3 Å². The van der Waals surface area contributed by atoms with Gasteiger partial charge in [0, 0.05) is 11.8 Å². The summed E-state index contributed by atoms with van der Waals surface area (Å²) < 4.78 is 11.4. The molecule has 0 aromatic rings. The Hall–Kier alpha value is -0.120. The zero-order valence-electron chi connectivity index (χ0n) is 8.43. The summed E-state index contributed by atoms with van der Waals surface area (Å²) >= 11 is 0. The van der Waals surface area contributed by atoms with Crippen LogP contribution in [0.5, 0.6) is 0 Å². The highest BCUT2D eigenvalue weighted by Gasteiger charge is 2.48. The van der Waals surface area contributed by atoms with Crippen molar-refractivity contribution in [3.8, 4) is 0 Å². The van der Waals surface area contributed by atoms with Crippen molar-refractivity contribution in [3.05, 3.63) is 0 Å². The molecule has 0 spiro atoms. The molecule has 2 bridgehead atoms. The number of aliphatic hydroxyl groups is 1. The summed E-state index contributed by atoms with van der Waals surface area (Å²) in [5, 5.41) is 9.52. The summed E-state index contributed by atoms with van der Waals surface area (Å²) in [6, 6.07) is 0. The molecule has 2 aliphatic heterocycles. The van der Waals surface area contributed by atoms with Crippen molar-refractivity contribution in [2.24, 2.45) is 11.8 Å². The van der Waals surface area contributed by atoms with Gasteiger partial charge in [0.2, 0.25) is 0 Å². The number of fused-ring (bicyclic) bond motifs is 2. The first-order chi connectivity index (χ1) is 6.11. The standard InChI is InChI=1S/C10H18O3/c1-5-8-4-12-9(5)6(2)10(13-8)7(3)11/h5-11H,4H2,1-3H3/t5-,6-,7-,8-,9+,10-/m1/s1. The summed E-state index contributed by atoms with van der Waals surface area (Å²) in [6.07, 6.45) is 0.0297. The second kappa shape index (κ2) is 3.23. The van der Waals surface area contributed by atoms with E-state index in [9.17, 15) is 5.11 Å². The van der Waals surface area contributed by atoms with Gasteiger partial charge in [0.1, 0.15) is 0 Å². The largest absolute Gasteiger partial charge is 0.391 e. The first-order valence-electron chi connectivity index (χ1n) is 5.06. The molecule has 2 heterocycles. The van der Waals surface area contributed by atoms with E-state index in [0.717, 1.165) is 0 Å². The molecule has 0 saturated carbocycles. The molecular formula is C10H18O3. The summed E-state index contributed by atoms with van der Waals surface area (Å²) in [5.74, 6) is 0.777. The van der Waals surface area contributed by atoms with Gasteiger partial charge in [0.25, 0.3) is 0 Å². The Labute approximate surface area is 79.0 Å². The van der Waals surface area contributed by atoms with Crippen LogP contribution in [0.3, 0.4) is 0 Å². The molecule has 3 nitrogen and oxygen atoms in total.